The summed E-state index contributed by atoms with van der Waals surface area (Å²) in [5, 5.41) is 8.37. The van der Waals surface area contributed by atoms with E-state index < -0.39 is 0 Å². The van der Waals surface area contributed by atoms with E-state index >= 15 is 0 Å². The highest BCUT2D eigenvalue weighted by Gasteiger charge is 2.26. The van der Waals surface area contributed by atoms with Crippen molar-refractivity contribution in [3.05, 3.63) is 11.8 Å². The predicted molar refractivity (Wildman–Crippen MR) is 95.2 cm³/mol. The fourth-order valence-corrected chi connectivity index (χ4v) is 2.86. The number of aromatic nitrogens is 2. The number of amides is 1. The molecule has 7 heteroatoms. The minimum absolute atomic E-state index is 0.0556. The highest BCUT2D eigenvalue weighted by Crippen LogP contribution is 2.21. The SMILES string of the molecule is CC(C)COC(=O)N1CCCN([C@@H](C)c2nnc(CC(C)C)o2)CC1. The Hall–Kier alpha value is -1.63. The molecule has 7 nitrogen and oxygen atoms in total. The van der Waals surface area contributed by atoms with Gasteiger partial charge >= 0.3 is 6.09 Å². The van der Waals surface area contributed by atoms with Crippen molar-refractivity contribution in [3.8, 4) is 0 Å². The average Bonchev–Trinajstić information content (AvgIpc) is 2.86. The maximum absolute atomic E-state index is 12.2. The topological polar surface area (TPSA) is 71.7 Å². The largest absolute Gasteiger partial charge is 0.449 e. The molecule has 0 N–H and O–H groups in total. The first kappa shape index (κ1) is 19.7. The highest BCUT2D eigenvalue weighted by molar-refractivity contribution is 5.67. The summed E-state index contributed by atoms with van der Waals surface area (Å²) in [6.07, 6.45) is 1.50. The molecule has 1 fully saturated rings. The third-order valence-electron chi connectivity index (χ3n) is 4.30. The quantitative estimate of drug-likeness (QED) is 0.783. The smallest absolute Gasteiger partial charge is 0.409 e. The van der Waals surface area contributed by atoms with E-state index in [1.165, 1.54) is 0 Å². The van der Waals surface area contributed by atoms with Crippen LogP contribution in [0.1, 0.15) is 58.9 Å². The summed E-state index contributed by atoms with van der Waals surface area (Å²) in [5.41, 5.74) is 0. The number of carbonyl (C=O) groups excluding carboxylic acids is 1. The molecule has 1 amide bonds. The molecule has 142 valence electrons. The predicted octanol–water partition coefficient (Wildman–Crippen LogP) is 3.13. The van der Waals surface area contributed by atoms with E-state index in [1.807, 2.05) is 13.8 Å². The van der Waals surface area contributed by atoms with Gasteiger partial charge in [0, 0.05) is 32.6 Å². The van der Waals surface area contributed by atoms with E-state index in [0.29, 0.717) is 36.8 Å². The van der Waals surface area contributed by atoms with E-state index in [0.717, 1.165) is 32.5 Å². The fourth-order valence-electron chi connectivity index (χ4n) is 2.86. The van der Waals surface area contributed by atoms with Gasteiger partial charge in [-0.25, -0.2) is 4.79 Å². The van der Waals surface area contributed by atoms with Gasteiger partial charge in [0.25, 0.3) is 0 Å². The Kier molecular flexibility index (Phi) is 7.23. The second-order valence-corrected chi connectivity index (χ2v) is 7.66. The molecule has 2 heterocycles. The lowest BCUT2D eigenvalue weighted by atomic mass is 10.1. The van der Waals surface area contributed by atoms with Gasteiger partial charge in [0.05, 0.1) is 12.6 Å². The minimum atomic E-state index is -0.208. The standard InChI is InChI=1S/C18H32N4O3/c1-13(2)11-16-19-20-17(25-16)15(5)21-7-6-8-22(10-9-21)18(23)24-12-14(3)4/h13-15H,6-12H2,1-5H3/t15-/m0/s1. The van der Waals surface area contributed by atoms with Crippen molar-refractivity contribution in [3.63, 3.8) is 0 Å². The van der Waals surface area contributed by atoms with Gasteiger partial charge in [-0.15, -0.1) is 10.2 Å². The van der Waals surface area contributed by atoms with E-state index in [2.05, 4.69) is 35.9 Å². The van der Waals surface area contributed by atoms with Crippen LogP contribution in [-0.4, -0.2) is 58.9 Å². The normalized spacial score (nSPS) is 17.8. The fraction of sp³-hybridized carbons (Fsp3) is 0.833. The van der Waals surface area contributed by atoms with Gasteiger partial charge in [0.1, 0.15) is 0 Å². The Balaban J connectivity index is 1.89. The van der Waals surface area contributed by atoms with Crippen LogP contribution < -0.4 is 0 Å². The van der Waals surface area contributed by atoms with Crippen molar-refractivity contribution >= 4 is 6.09 Å². The van der Waals surface area contributed by atoms with Crippen LogP contribution in [0.2, 0.25) is 0 Å². The first-order valence-electron chi connectivity index (χ1n) is 9.34. The van der Waals surface area contributed by atoms with Crippen LogP contribution in [-0.2, 0) is 11.2 Å². The lowest BCUT2D eigenvalue weighted by Gasteiger charge is -2.25. The molecule has 1 aromatic heterocycles. The maximum atomic E-state index is 12.2. The van der Waals surface area contributed by atoms with Crippen molar-refractivity contribution in [1.29, 1.82) is 0 Å². The number of rotatable bonds is 6. The van der Waals surface area contributed by atoms with Crippen LogP contribution in [0, 0.1) is 11.8 Å². The molecule has 2 rings (SSSR count). The van der Waals surface area contributed by atoms with Gasteiger partial charge in [-0.1, -0.05) is 27.7 Å². The monoisotopic (exact) mass is 352 g/mol. The zero-order valence-corrected chi connectivity index (χ0v) is 16.2. The van der Waals surface area contributed by atoms with Crippen LogP contribution in [0.15, 0.2) is 4.42 Å². The molecule has 0 saturated carbocycles. The molecule has 1 atom stereocenters. The molecule has 0 unspecified atom stereocenters. The molecule has 1 aromatic rings. The summed E-state index contributed by atoms with van der Waals surface area (Å²) in [6.45, 7) is 14.0. The summed E-state index contributed by atoms with van der Waals surface area (Å²) in [7, 11) is 0. The van der Waals surface area contributed by atoms with Crippen LogP contribution >= 0.6 is 0 Å². The van der Waals surface area contributed by atoms with Gasteiger partial charge in [-0.05, 0) is 25.2 Å². The number of hydrogen-bond donors (Lipinski definition) is 0. The number of carbonyl (C=O) groups is 1. The zero-order valence-electron chi connectivity index (χ0n) is 16.2. The second kappa shape index (κ2) is 9.17. The summed E-state index contributed by atoms with van der Waals surface area (Å²) in [6, 6.07) is 0.0556. The molecule has 0 aliphatic carbocycles. The highest BCUT2D eigenvalue weighted by atomic mass is 16.6. The summed E-state index contributed by atoms with van der Waals surface area (Å²) in [4.78, 5) is 16.2. The van der Waals surface area contributed by atoms with Crippen molar-refractivity contribution in [1.82, 2.24) is 20.0 Å². The number of hydrogen-bond acceptors (Lipinski definition) is 6. The van der Waals surface area contributed by atoms with Gasteiger partial charge < -0.3 is 14.1 Å². The molecular formula is C18H32N4O3. The second-order valence-electron chi connectivity index (χ2n) is 7.66. The molecule has 1 saturated heterocycles. The van der Waals surface area contributed by atoms with Crippen LogP contribution in [0.3, 0.4) is 0 Å². The summed E-state index contributed by atoms with van der Waals surface area (Å²) in [5.74, 6) is 2.20. The van der Waals surface area contributed by atoms with E-state index in [4.69, 9.17) is 9.15 Å². The van der Waals surface area contributed by atoms with Gasteiger partial charge in [0.2, 0.25) is 11.8 Å². The van der Waals surface area contributed by atoms with Gasteiger partial charge in [0.15, 0.2) is 0 Å². The molecule has 1 aliphatic heterocycles. The third-order valence-corrected chi connectivity index (χ3v) is 4.30. The Morgan fingerprint density at radius 1 is 1.08 bits per heavy atom. The van der Waals surface area contributed by atoms with E-state index in [-0.39, 0.29) is 12.1 Å². The third kappa shape index (κ3) is 5.99. The Morgan fingerprint density at radius 3 is 2.52 bits per heavy atom. The number of ether oxygens (including phenoxy) is 1. The zero-order chi connectivity index (χ0) is 18.4. The lowest BCUT2D eigenvalue weighted by Crippen LogP contribution is -2.36. The van der Waals surface area contributed by atoms with E-state index in [9.17, 15) is 4.79 Å². The van der Waals surface area contributed by atoms with Crippen LogP contribution in [0.5, 0.6) is 0 Å². The van der Waals surface area contributed by atoms with Crippen molar-refractivity contribution in [2.24, 2.45) is 11.8 Å². The first-order chi connectivity index (χ1) is 11.9. The maximum Gasteiger partial charge on any atom is 0.409 e. The molecule has 0 aromatic carbocycles. The van der Waals surface area contributed by atoms with Gasteiger partial charge in [-0.2, -0.15) is 0 Å². The first-order valence-corrected chi connectivity index (χ1v) is 9.34. The molecule has 0 spiro atoms. The van der Waals surface area contributed by atoms with E-state index in [1.54, 1.807) is 4.90 Å². The number of nitrogens with zero attached hydrogens (tertiary/aromatic N) is 4. The van der Waals surface area contributed by atoms with Crippen molar-refractivity contribution in [2.75, 3.05) is 32.8 Å². The molecular weight excluding hydrogens is 320 g/mol. The van der Waals surface area contributed by atoms with Crippen molar-refractivity contribution < 1.29 is 13.9 Å². The van der Waals surface area contributed by atoms with Crippen molar-refractivity contribution in [2.45, 2.75) is 53.5 Å². The Labute approximate surface area is 150 Å². The molecule has 0 radical (unpaired) electrons. The Bertz CT molecular complexity index is 544. The minimum Gasteiger partial charge on any atom is -0.449 e. The molecule has 0 bridgehead atoms. The summed E-state index contributed by atoms with van der Waals surface area (Å²) >= 11 is 0. The Morgan fingerprint density at radius 2 is 1.84 bits per heavy atom. The molecule has 1 aliphatic rings. The average molecular weight is 352 g/mol. The van der Waals surface area contributed by atoms with Crippen LogP contribution in [0.4, 0.5) is 4.79 Å². The summed E-state index contributed by atoms with van der Waals surface area (Å²) < 4.78 is 11.2. The molecule has 25 heavy (non-hydrogen) atoms. The van der Waals surface area contributed by atoms with Gasteiger partial charge in [-0.3, -0.25) is 4.90 Å². The lowest BCUT2D eigenvalue weighted by molar-refractivity contribution is 0.0920. The van der Waals surface area contributed by atoms with Crippen LogP contribution in [0.25, 0.3) is 0 Å².